The van der Waals surface area contributed by atoms with Gasteiger partial charge in [-0.25, -0.2) is 8.96 Å². The summed E-state index contributed by atoms with van der Waals surface area (Å²) in [6, 6.07) is 3.62. The van der Waals surface area contributed by atoms with Gasteiger partial charge in [0.25, 0.3) is 0 Å². The molecule has 0 aliphatic heterocycles. The Labute approximate surface area is 105 Å². The van der Waals surface area contributed by atoms with Crippen molar-refractivity contribution in [2.24, 2.45) is 0 Å². The molecule has 0 aliphatic carbocycles. The van der Waals surface area contributed by atoms with Crippen LogP contribution < -0.4 is 0 Å². The third-order valence-electron chi connectivity index (χ3n) is 2.51. The molecular weight excluding hydrogens is 263 g/mol. The standard InChI is InChI=1S/C10H6ClFN4S/c11-9-8(5-14-15-9)6-1-3-13-10-7(6)2-4-16(10)17-12/h1-5H,(H,14,15). The lowest BCUT2D eigenvalue weighted by atomic mass is 10.1. The first-order valence-corrected chi connectivity index (χ1v) is 5.81. The summed E-state index contributed by atoms with van der Waals surface area (Å²) < 4.78 is 14.0. The summed E-state index contributed by atoms with van der Waals surface area (Å²) in [7, 11) is 0. The van der Waals surface area contributed by atoms with Gasteiger partial charge < -0.3 is 0 Å². The van der Waals surface area contributed by atoms with Crippen LogP contribution in [0.2, 0.25) is 5.15 Å². The highest BCUT2D eigenvalue weighted by Gasteiger charge is 2.12. The first-order chi connectivity index (χ1) is 8.31. The molecule has 0 atom stereocenters. The number of hydrogen-bond donors (Lipinski definition) is 1. The van der Waals surface area contributed by atoms with Gasteiger partial charge in [-0.05, 0) is 17.7 Å². The molecule has 0 aliphatic rings. The maximum absolute atomic E-state index is 12.6. The van der Waals surface area contributed by atoms with E-state index in [-0.39, 0.29) is 12.3 Å². The molecule has 0 aromatic carbocycles. The SMILES string of the molecule is FSn1ccc2c(-c3cn[nH]c3Cl)ccnc21. The molecule has 3 aromatic heterocycles. The average Bonchev–Trinajstić information content (AvgIpc) is 2.94. The van der Waals surface area contributed by atoms with E-state index < -0.39 is 0 Å². The summed E-state index contributed by atoms with van der Waals surface area (Å²) in [6.07, 6.45) is 4.88. The van der Waals surface area contributed by atoms with Crippen molar-refractivity contribution >= 4 is 35.0 Å². The van der Waals surface area contributed by atoms with Gasteiger partial charge in [-0.15, -0.1) is 3.89 Å². The summed E-state index contributed by atoms with van der Waals surface area (Å²) in [4.78, 5) is 4.14. The van der Waals surface area contributed by atoms with E-state index in [9.17, 15) is 3.89 Å². The fourth-order valence-corrected chi connectivity index (χ4v) is 2.28. The molecule has 1 N–H and O–H groups in total. The molecule has 0 unspecified atom stereocenters. The number of rotatable bonds is 2. The number of aromatic amines is 1. The molecule has 4 nitrogen and oxygen atoms in total. The minimum atomic E-state index is 0.113. The average molecular weight is 269 g/mol. The van der Waals surface area contributed by atoms with Crippen LogP contribution in [0.3, 0.4) is 0 Å². The number of H-pyrrole nitrogens is 1. The van der Waals surface area contributed by atoms with Crippen molar-refractivity contribution in [3.8, 4) is 11.1 Å². The van der Waals surface area contributed by atoms with E-state index in [0.29, 0.717) is 10.8 Å². The van der Waals surface area contributed by atoms with Crippen LogP contribution in [0.4, 0.5) is 3.89 Å². The molecule has 3 aromatic rings. The number of hydrogen-bond acceptors (Lipinski definition) is 3. The number of nitrogens with one attached hydrogen (secondary N) is 1. The van der Waals surface area contributed by atoms with E-state index in [1.165, 1.54) is 3.97 Å². The second-order valence-corrected chi connectivity index (χ2v) is 4.31. The molecular formula is C10H6ClFN4S. The quantitative estimate of drug-likeness (QED) is 0.774. The maximum Gasteiger partial charge on any atom is 0.171 e. The Hall–Kier alpha value is -1.53. The Kier molecular flexibility index (Phi) is 2.53. The van der Waals surface area contributed by atoms with Crippen LogP contribution in [0.5, 0.6) is 0 Å². The molecule has 0 fully saturated rings. The zero-order valence-corrected chi connectivity index (χ0v) is 9.96. The van der Waals surface area contributed by atoms with Crippen LogP contribution in [0.25, 0.3) is 22.2 Å². The highest BCUT2D eigenvalue weighted by Crippen LogP contribution is 2.32. The van der Waals surface area contributed by atoms with Crippen LogP contribution in [0.15, 0.2) is 30.7 Å². The lowest BCUT2D eigenvalue weighted by Gasteiger charge is -2.01. The van der Waals surface area contributed by atoms with Crippen LogP contribution in [-0.4, -0.2) is 19.2 Å². The third kappa shape index (κ3) is 1.60. The molecule has 0 amide bonds. The topological polar surface area (TPSA) is 46.5 Å². The fourth-order valence-electron chi connectivity index (χ4n) is 1.76. The van der Waals surface area contributed by atoms with E-state index in [0.717, 1.165) is 16.5 Å². The van der Waals surface area contributed by atoms with Gasteiger partial charge in [0.05, 0.1) is 6.20 Å². The normalized spacial score (nSPS) is 11.2. The van der Waals surface area contributed by atoms with Crippen molar-refractivity contribution in [3.63, 3.8) is 0 Å². The Morgan fingerprint density at radius 3 is 2.94 bits per heavy atom. The number of aromatic nitrogens is 4. The van der Waals surface area contributed by atoms with Crippen molar-refractivity contribution in [1.29, 1.82) is 0 Å². The summed E-state index contributed by atoms with van der Waals surface area (Å²) >= 11 is 6.10. The monoisotopic (exact) mass is 268 g/mol. The van der Waals surface area contributed by atoms with Crippen molar-refractivity contribution in [3.05, 3.63) is 35.9 Å². The van der Waals surface area contributed by atoms with Crippen molar-refractivity contribution in [2.75, 3.05) is 0 Å². The zero-order chi connectivity index (χ0) is 11.8. The lowest BCUT2D eigenvalue weighted by Crippen LogP contribution is -1.85. The van der Waals surface area contributed by atoms with Crippen LogP contribution in [0, 0.1) is 0 Å². The predicted molar refractivity (Wildman–Crippen MR) is 66.4 cm³/mol. The third-order valence-corrected chi connectivity index (χ3v) is 3.24. The summed E-state index contributed by atoms with van der Waals surface area (Å²) in [5, 5.41) is 7.82. The van der Waals surface area contributed by atoms with E-state index in [1.807, 2.05) is 6.07 Å². The smallest absolute Gasteiger partial charge is 0.171 e. The molecule has 86 valence electrons. The van der Waals surface area contributed by atoms with Crippen LogP contribution in [-0.2, 0) is 0 Å². The van der Waals surface area contributed by atoms with E-state index in [1.54, 1.807) is 24.7 Å². The molecule has 3 heterocycles. The highest BCUT2D eigenvalue weighted by atomic mass is 35.5. The van der Waals surface area contributed by atoms with E-state index in [4.69, 9.17) is 11.6 Å². The Balaban J connectivity index is 2.31. The van der Waals surface area contributed by atoms with Crippen LogP contribution >= 0.6 is 23.9 Å². The number of halogens is 2. The Morgan fingerprint density at radius 2 is 2.24 bits per heavy atom. The zero-order valence-electron chi connectivity index (χ0n) is 8.39. The minimum absolute atomic E-state index is 0.113. The molecule has 7 heteroatoms. The van der Waals surface area contributed by atoms with Gasteiger partial charge in [-0.2, -0.15) is 5.10 Å². The van der Waals surface area contributed by atoms with Gasteiger partial charge in [0.1, 0.15) is 5.15 Å². The second kappa shape index (κ2) is 4.05. The van der Waals surface area contributed by atoms with Gasteiger partial charge >= 0.3 is 0 Å². The largest absolute Gasteiger partial charge is 0.267 e. The maximum atomic E-state index is 12.6. The minimum Gasteiger partial charge on any atom is -0.267 e. The summed E-state index contributed by atoms with van der Waals surface area (Å²) in [6.45, 7) is 0. The molecule has 0 saturated heterocycles. The van der Waals surface area contributed by atoms with E-state index >= 15 is 0 Å². The van der Waals surface area contributed by atoms with Crippen molar-refractivity contribution in [1.82, 2.24) is 19.2 Å². The van der Waals surface area contributed by atoms with Gasteiger partial charge in [-0.1, -0.05) is 11.6 Å². The van der Waals surface area contributed by atoms with Crippen LogP contribution in [0.1, 0.15) is 0 Å². The molecule has 17 heavy (non-hydrogen) atoms. The van der Waals surface area contributed by atoms with Crippen molar-refractivity contribution in [2.45, 2.75) is 0 Å². The van der Waals surface area contributed by atoms with Gasteiger partial charge in [0, 0.05) is 23.3 Å². The molecule has 3 rings (SSSR count). The Bertz CT molecular complexity index is 678. The molecule has 0 saturated carbocycles. The predicted octanol–water partition coefficient (Wildman–Crippen LogP) is 3.46. The Morgan fingerprint density at radius 1 is 1.35 bits per heavy atom. The van der Waals surface area contributed by atoms with Gasteiger partial charge in [0.15, 0.2) is 18.0 Å². The molecule has 0 spiro atoms. The second-order valence-electron chi connectivity index (χ2n) is 3.40. The van der Waals surface area contributed by atoms with Gasteiger partial charge in [-0.3, -0.25) is 5.10 Å². The fraction of sp³-hybridized carbons (Fsp3) is 0. The lowest BCUT2D eigenvalue weighted by molar-refractivity contribution is 0.919. The number of fused-ring (bicyclic) bond motifs is 1. The highest BCUT2D eigenvalue weighted by molar-refractivity contribution is 7.92. The summed E-state index contributed by atoms with van der Waals surface area (Å²) in [5.74, 6) is 0. The number of pyridine rings is 1. The first-order valence-electron chi connectivity index (χ1n) is 4.75. The number of nitrogens with zero attached hydrogens (tertiary/aromatic N) is 3. The van der Waals surface area contributed by atoms with Gasteiger partial charge in [0.2, 0.25) is 0 Å². The van der Waals surface area contributed by atoms with Crippen molar-refractivity contribution < 1.29 is 3.89 Å². The molecule has 0 radical (unpaired) electrons. The molecule has 0 bridgehead atoms. The summed E-state index contributed by atoms with van der Waals surface area (Å²) in [5.41, 5.74) is 2.22. The van der Waals surface area contributed by atoms with E-state index in [2.05, 4.69) is 15.2 Å². The first kappa shape index (κ1) is 10.6.